The van der Waals surface area contributed by atoms with Crippen LogP contribution in [0.2, 0.25) is 0 Å². The third-order valence-corrected chi connectivity index (χ3v) is 3.76. The van der Waals surface area contributed by atoms with E-state index in [0.717, 1.165) is 19.7 Å². The number of nitrogens with zero attached hydrogens (tertiary/aromatic N) is 1. The molecule has 1 heterocycles. The lowest BCUT2D eigenvalue weighted by atomic mass is 10.2. The van der Waals surface area contributed by atoms with Crippen LogP contribution in [0.3, 0.4) is 0 Å². The highest BCUT2D eigenvalue weighted by molar-refractivity contribution is 7.99. The van der Waals surface area contributed by atoms with Gasteiger partial charge in [-0.3, -0.25) is 4.90 Å². The van der Waals surface area contributed by atoms with E-state index in [1.807, 2.05) is 11.8 Å². The van der Waals surface area contributed by atoms with Gasteiger partial charge in [0.25, 0.3) is 0 Å². The Morgan fingerprint density at radius 3 is 3.00 bits per heavy atom. The van der Waals surface area contributed by atoms with Crippen LogP contribution in [0, 0.1) is 0 Å². The number of thioether (sulfide) groups is 1. The normalized spacial score (nSPS) is 29.4. The van der Waals surface area contributed by atoms with Crippen LogP contribution in [-0.2, 0) is 4.74 Å². The van der Waals surface area contributed by atoms with E-state index in [1.165, 1.54) is 11.5 Å². The predicted octanol–water partition coefficient (Wildman–Crippen LogP) is 2.07. The minimum atomic E-state index is 0.236. The highest BCUT2D eigenvalue weighted by Gasteiger charge is 2.24. The van der Waals surface area contributed by atoms with Gasteiger partial charge in [0.05, 0.1) is 12.7 Å². The third kappa shape index (κ3) is 3.97. The molecule has 1 aliphatic rings. The molecule has 0 amide bonds. The number of rotatable bonds is 5. The molecule has 14 heavy (non-hydrogen) atoms. The first kappa shape index (κ1) is 12.6. The number of hydrogen-bond acceptors (Lipinski definition) is 3. The molecule has 0 radical (unpaired) electrons. The molecule has 1 fully saturated rings. The lowest BCUT2D eigenvalue weighted by Gasteiger charge is -2.37. The molecule has 0 aromatic carbocycles. The summed E-state index contributed by atoms with van der Waals surface area (Å²) < 4.78 is 5.60. The van der Waals surface area contributed by atoms with Crippen molar-refractivity contribution in [2.45, 2.75) is 26.0 Å². The highest BCUT2D eigenvalue weighted by Crippen LogP contribution is 2.13. The van der Waals surface area contributed by atoms with Crippen molar-refractivity contribution in [2.24, 2.45) is 0 Å². The minimum Gasteiger partial charge on any atom is -0.374 e. The second-order valence-electron chi connectivity index (χ2n) is 3.65. The first-order valence-electron chi connectivity index (χ1n) is 5.27. The molecular weight excluding hydrogens is 218 g/mol. The third-order valence-electron chi connectivity index (χ3n) is 2.53. The Kier molecular flexibility index (Phi) is 6.26. The summed E-state index contributed by atoms with van der Waals surface area (Å²) in [6.07, 6.45) is 0.236. The summed E-state index contributed by atoms with van der Waals surface area (Å²) in [5.74, 6) is 3.04. The summed E-state index contributed by atoms with van der Waals surface area (Å²) in [6.45, 7) is 7.41. The van der Waals surface area contributed by atoms with Crippen molar-refractivity contribution in [1.82, 2.24) is 4.90 Å². The van der Waals surface area contributed by atoms with Crippen molar-refractivity contribution in [3.05, 3.63) is 0 Å². The fourth-order valence-electron chi connectivity index (χ4n) is 1.61. The van der Waals surface area contributed by atoms with Gasteiger partial charge >= 0.3 is 0 Å². The largest absolute Gasteiger partial charge is 0.374 e. The van der Waals surface area contributed by atoms with E-state index in [4.69, 9.17) is 16.3 Å². The molecule has 1 rings (SSSR count). The van der Waals surface area contributed by atoms with Gasteiger partial charge in [-0.15, -0.1) is 11.6 Å². The zero-order valence-electron chi connectivity index (χ0n) is 9.04. The Bertz CT molecular complexity index is 159. The molecule has 1 aliphatic heterocycles. The lowest BCUT2D eigenvalue weighted by Crippen LogP contribution is -2.49. The molecule has 0 N–H and O–H groups in total. The van der Waals surface area contributed by atoms with Crippen LogP contribution in [0.25, 0.3) is 0 Å². The zero-order chi connectivity index (χ0) is 10.4. The molecule has 0 aromatic rings. The van der Waals surface area contributed by atoms with Crippen LogP contribution in [0.1, 0.15) is 13.8 Å². The van der Waals surface area contributed by atoms with Gasteiger partial charge in [-0.05, 0) is 12.7 Å². The Balaban J connectivity index is 2.25. The van der Waals surface area contributed by atoms with Gasteiger partial charge in [0, 0.05) is 30.8 Å². The summed E-state index contributed by atoms with van der Waals surface area (Å²) in [4.78, 5) is 2.49. The van der Waals surface area contributed by atoms with Crippen LogP contribution in [0.5, 0.6) is 0 Å². The molecule has 2 atom stereocenters. The van der Waals surface area contributed by atoms with Crippen LogP contribution < -0.4 is 0 Å². The number of ether oxygens (including phenoxy) is 1. The molecule has 84 valence electrons. The van der Waals surface area contributed by atoms with Crippen LogP contribution in [0.15, 0.2) is 0 Å². The maximum Gasteiger partial charge on any atom is 0.0837 e. The van der Waals surface area contributed by atoms with Crippen molar-refractivity contribution in [1.29, 1.82) is 0 Å². The van der Waals surface area contributed by atoms with Gasteiger partial charge in [-0.2, -0.15) is 11.8 Å². The predicted molar refractivity (Wildman–Crippen MR) is 64.5 cm³/mol. The van der Waals surface area contributed by atoms with Crippen LogP contribution >= 0.6 is 23.4 Å². The van der Waals surface area contributed by atoms with Gasteiger partial charge in [-0.25, -0.2) is 0 Å². The number of morpholine rings is 1. The molecule has 0 aromatic heterocycles. The summed E-state index contributed by atoms with van der Waals surface area (Å²) in [6, 6.07) is 0.548. The first-order valence-corrected chi connectivity index (χ1v) is 6.96. The standard InChI is InChI=1S/C10H20ClNOS/c1-3-14-5-4-12-7-10(6-11)13-8-9(12)2/h9-10H,3-8H2,1-2H3. The first-order chi connectivity index (χ1) is 6.77. The van der Waals surface area contributed by atoms with E-state index in [0.29, 0.717) is 11.9 Å². The molecule has 0 spiro atoms. The van der Waals surface area contributed by atoms with Gasteiger partial charge in [0.2, 0.25) is 0 Å². The number of hydrogen-bond donors (Lipinski definition) is 0. The quantitative estimate of drug-likeness (QED) is 0.537. The van der Waals surface area contributed by atoms with Crippen LogP contribution in [0.4, 0.5) is 0 Å². The summed E-state index contributed by atoms with van der Waals surface area (Å²) in [5.41, 5.74) is 0. The Morgan fingerprint density at radius 1 is 1.57 bits per heavy atom. The lowest BCUT2D eigenvalue weighted by molar-refractivity contribution is -0.0451. The zero-order valence-corrected chi connectivity index (χ0v) is 10.6. The second kappa shape index (κ2) is 6.94. The summed E-state index contributed by atoms with van der Waals surface area (Å²) in [5, 5.41) is 0. The van der Waals surface area contributed by atoms with E-state index in [9.17, 15) is 0 Å². The monoisotopic (exact) mass is 237 g/mol. The van der Waals surface area contributed by atoms with Crippen molar-refractivity contribution in [3.8, 4) is 0 Å². The van der Waals surface area contributed by atoms with Gasteiger partial charge in [0.1, 0.15) is 0 Å². The molecular formula is C10H20ClNOS. The van der Waals surface area contributed by atoms with E-state index in [1.54, 1.807) is 0 Å². The Labute approximate surface area is 96.3 Å². The Hall–Kier alpha value is 0.560. The highest BCUT2D eigenvalue weighted by atomic mass is 35.5. The topological polar surface area (TPSA) is 12.5 Å². The fraction of sp³-hybridized carbons (Fsp3) is 1.00. The maximum atomic E-state index is 5.80. The number of alkyl halides is 1. The van der Waals surface area contributed by atoms with Crippen molar-refractivity contribution >= 4 is 23.4 Å². The van der Waals surface area contributed by atoms with Gasteiger partial charge in [-0.1, -0.05) is 6.92 Å². The van der Waals surface area contributed by atoms with Crippen molar-refractivity contribution in [2.75, 3.05) is 37.1 Å². The van der Waals surface area contributed by atoms with E-state index in [-0.39, 0.29) is 6.10 Å². The summed E-state index contributed by atoms with van der Waals surface area (Å²) in [7, 11) is 0. The van der Waals surface area contributed by atoms with E-state index in [2.05, 4.69) is 18.7 Å². The molecule has 2 unspecified atom stereocenters. The molecule has 0 aliphatic carbocycles. The van der Waals surface area contributed by atoms with E-state index < -0.39 is 0 Å². The van der Waals surface area contributed by atoms with Crippen molar-refractivity contribution < 1.29 is 4.74 Å². The smallest absolute Gasteiger partial charge is 0.0837 e. The van der Waals surface area contributed by atoms with E-state index >= 15 is 0 Å². The van der Waals surface area contributed by atoms with Gasteiger partial charge < -0.3 is 4.74 Å². The van der Waals surface area contributed by atoms with Crippen LogP contribution in [-0.4, -0.2) is 54.1 Å². The fourth-order valence-corrected chi connectivity index (χ4v) is 2.45. The second-order valence-corrected chi connectivity index (χ2v) is 5.35. The molecule has 4 heteroatoms. The van der Waals surface area contributed by atoms with Gasteiger partial charge in [0.15, 0.2) is 0 Å². The molecule has 0 bridgehead atoms. The summed E-state index contributed by atoms with van der Waals surface area (Å²) >= 11 is 7.79. The average molecular weight is 238 g/mol. The molecule has 0 saturated carbocycles. The maximum absolute atomic E-state index is 5.80. The minimum absolute atomic E-state index is 0.236. The molecule has 1 saturated heterocycles. The molecule has 2 nitrogen and oxygen atoms in total. The average Bonchev–Trinajstić information content (AvgIpc) is 2.21. The Morgan fingerprint density at radius 2 is 2.36 bits per heavy atom. The SMILES string of the molecule is CCSCCN1CC(CCl)OCC1C. The number of halogens is 1. The van der Waals surface area contributed by atoms with Crippen molar-refractivity contribution in [3.63, 3.8) is 0 Å².